The molecule has 6 heteroatoms. The van der Waals surface area contributed by atoms with Gasteiger partial charge in [-0.1, -0.05) is 6.07 Å². The summed E-state index contributed by atoms with van der Waals surface area (Å²) in [5.41, 5.74) is 1.03. The fourth-order valence-electron chi connectivity index (χ4n) is 2.57. The summed E-state index contributed by atoms with van der Waals surface area (Å²) in [6.45, 7) is 0. The summed E-state index contributed by atoms with van der Waals surface area (Å²) in [7, 11) is 1.48. The average molecular weight is 304 g/mol. The largest absolute Gasteiger partial charge is 0.507 e. The Labute approximate surface area is 126 Å². The zero-order valence-corrected chi connectivity index (χ0v) is 11.9. The van der Waals surface area contributed by atoms with Crippen LogP contribution in [0.2, 0.25) is 0 Å². The number of aliphatic hydroxyl groups is 1. The molecule has 0 radical (unpaired) electrons. The van der Waals surface area contributed by atoms with Crippen molar-refractivity contribution < 1.29 is 29.9 Å². The lowest BCUT2D eigenvalue weighted by atomic mass is 9.94. The lowest BCUT2D eigenvalue weighted by Crippen LogP contribution is -2.30. The first-order chi connectivity index (χ1) is 10.5. The molecule has 0 aromatic heterocycles. The topological polar surface area (TPSA) is 99.4 Å². The number of benzene rings is 2. The lowest BCUT2D eigenvalue weighted by molar-refractivity contribution is 0.0197. The Bertz CT molecular complexity index is 712. The Balaban J connectivity index is 1.99. The van der Waals surface area contributed by atoms with Crippen LogP contribution < -0.4 is 9.47 Å². The van der Waals surface area contributed by atoms with Crippen LogP contribution in [0.4, 0.5) is 0 Å². The number of aliphatic hydroxyl groups excluding tert-OH is 1. The number of hydrogen-bond donors (Lipinski definition) is 4. The third-order valence-electron chi connectivity index (χ3n) is 3.74. The highest BCUT2D eigenvalue weighted by atomic mass is 16.5. The number of hydrogen-bond acceptors (Lipinski definition) is 6. The third kappa shape index (κ3) is 2.37. The molecular formula is C16H16O6. The molecule has 6 nitrogen and oxygen atoms in total. The highest BCUT2D eigenvalue weighted by Gasteiger charge is 2.32. The molecule has 0 saturated carbocycles. The molecule has 4 N–H and O–H groups in total. The number of methoxy groups -OCH3 is 1. The SMILES string of the molecule is COc1cc(O)c2c(c1)OC(c1ccc(O)c(O)c1)[C@@H](O)C2. The second-order valence-electron chi connectivity index (χ2n) is 5.18. The predicted octanol–water partition coefficient (Wildman–Crippen LogP) is 1.85. The number of ether oxygens (including phenoxy) is 2. The van der Waals surface area contributed by atoms with Crippen molar-refractivity contribution in [3.8, 4) is 28.7 Å². The summed E-state index contributed by atoms with van der Waals surface area (Å²) < 4.78 is 10.9. The van der Waals surface area contributed by atoms with Crippen molar-refractivity contribution in [1.82, 2.24) is 0 Å². The Morgan fingerprint density at radius 1 is 1.05 bits per heavy atom. The summed E-state index contributed by atoms with van der Waals surface area (Å²) in [4.78, 5) is 0. The molecule has 1 aliphatic heterocycles. The number of rotatable bonds is 2. The zero-order valence-electron chi connectivity index (χ0n) is 11.9. The van der Waals surface area contributed by atoms with Crippen LogP contribution in [0.5, 0.6) is 28.7 Å². The maximum atomic E-state index is 10.3. The molecule has 2 atom stereocenters. The molecule has 2 aromatic carbocycles. The molecule has 0 amide bonds. The van der Waals surface area contributed by atoms with Gasteiger partial charge < -0.3 is 29.9 Å². The van der Waals surface area contributed by atoms with Gasteiger partial charge in [-0.15, -0.1) is 0 Å². The van der Waals surface area contributed by atoms with Gasteiger partial charge in [0.25, 0.3) is 0 Å². The van der Waals surface area contributed by atoms with Crippen molar-refractivity contribution in [1.29, 1.82) is 0 Å². The van der Waals surface area contributed by atoms with Crippen LogP contribution >= 0.6 is 0 Å². The predicted molar refractivity (Wildman–Crippen MR) is 77.5 cm³/mol. The van der Waals surface area contributed by atoms with Crippen molar-refractivity contribution in [2.75, 3.05) is 7.11 Å². The lowest BCUT2D eigenvalue weighted by Gasteiger charge is -2.31. The molecule has 0 aliphatic carbocycles. The monoisotopic (exact) mass is 304 g/mol. The van der Waals surface area contributed by atoms with Crippen LogP contribution in [0.1, 0.15) is 17.2 Å². The van der Waals surface area contributed by atoms with E-state index in [1.165, 1.54) is 25.3 Å². The average Bonchev–Trinajstić information content (AvgIpc) is 2.50. The van der Waals surface area contributed by atoms with Gasteiger partial charge in [-0.2, -0.15) is 0 Å². The van der Waals surface area contributed by atoms with Crippen LogP contribution in [0.3, 0.4) is 0 Å². The molecule has 3 rings (SSSR count). The van der Waals surface area contributed by atoms with E-state index in [0.717, 1.165) is 0 Å². The van der Waals surface area contributed by atoms with Crippen molar-refractivity contribution in [3.63, 3.8) is 0 Å². The van der Waals surface area contributed by atoms with Gasteiger partial charge in [-0.3, -0.25) is 0 Å². The van der Waals surface area contributed by atoms with Gasteiger partial charge in [0, 0.05) is 24.1 Å². The molecule has 2 aromatic rings. The van der Waals surface area contributed by atoms with Gasteiger partial charge in [0.1, 0.15) is 23.4 Å². The molecule has 0 fully saturated rings. The van der Waals surface area contributed by atoms with Crippen LogP contribution in [0.25, 0.3) is 0 Å². The maximum Gasteiger partial charge on any atom is 0.157 e. The van der Waals surface area contributed by atoms with E-state index in [2.05, 4.69) is 0 Å². The summed E-state index contributed by atoms with van der Waals surface area (Å²) in [5, 5.41) is 39.2. The standard InChI is InChI=1S/C16H16O6/c1-21-9-5-12(18)10-7-14(20)16(22-15(10)6-9)8-2-3-11(17)13(19)4-8/h2-6,14,16-20H,7H2,1H3/t14-,16?/m0/s1. The van der Waals surface area contributed by atoms with Gasteiger partial charge in [0.15, 0.2) is 11.5 Å². The molecule has 1 aliphatic rings. The van der Waals surface area contributed by atoms with E-state index in [9.17, 15) is 20.4 Å². The van der Waals surface area contributed by atoms with E-state index in [1.807, 2.05) is 0 Å². The fraction of sp³-hybridized carbons (Fsp3) is 0.250. The molecular weight excluding hydrogens is 288 g/mol. The van der Waals surface area contributed by atoms with Crippen molar-refractivity contribution >= 4 is 0 Å². The summed E-state index contributed by atoms with van der Waals surface area (Å²) in [6.07, 6.45) is -1.40. The van der Waals surface area contributed by atoms with Crippen molar-refractivity contribution in [2.45, 2.75) is 18.6 Å². The molecule has 1 heterocycles. The highest BCUT2D eigenvalue weighted by molar-refractivity contribution is 5.52. The second kappa shape index (κ2) is 5.31. The first-order valence-electron chi connectivity index (χ1n) is 6.76. The van der Waals surface area contributed by atoms with E-state index in [-0.39, 0.29) is 23.7 Å². The van der Waals surface area contributed by atoms with Crippen LogP contribution in [-0.4, -0.2) is 33.6 Å². The second-order valence-corrected chi connectivity index (χ2v) is 5.18. The van der Waals surface area contributed by atoms with E-state index in [0.29, 0.717) is 22.6 Å². The van der Waals surface area contributed by atoms with Gasteiger partial charge >= 0.3 is 0 Å². The first kappa shape index (κ1) is 14.3. The number of phenols is 3. The highest BCUT2D eigenvalue weighted by Crippen LogP contribution is 2.42. The quantitative estimate of drug-likeness (QED) is 0.632. The molecule has 0 spiro atoms. The van der Waals surface area contributed by atoms with Gasteiger partial charge in [-0.05, 0) is 17.7 Å². The summed E-state index contributed by atoms with van der Waals surface area (Å²) >= 11 is 0. The Morgan fingerprint density at radius 3 is 2.50 bits per heavy atom. The Morgan fingerprint density at radius 2 is 1.82 bits per heavy atom. The number of phenolic OH excluding ortho intramolecular Hbond substituents is 3. The minimum Gasteiger partial charge on any atom is -0.507 e. The molecule has 0 bridgehead atoms. The first-order valence-corrected chi connectivity index (χ1v) is 6.76. The Hall–Kier alpha value is -2.60. The molecule has 22 heavy (non-hydrogen) atoms. The minimum absolute atomic E-state index is 0.000373. The van der Waals surface area contributed by atoms with Crippen molar-refractivity contribution in [2.24, 2.45) is 0 Å². The zero-order chi connectivity index (χ0) is 15.9. The van der Waals surface area contributed by atoms with Crippen LogP contribution in [-0.2, 0) is 6.42 Å². The summed E-state index contributed by atoms with van der Waals surface area (Å²) in [6, 6.07) is 7.33. The van der Waals surface area contributed by atoms with Crippen LogP contribution in [0, 0.1) is 0 Å². The molecule has 1 unspecified atom stereocenters. The summed E-state index contributed by atoms with van der Waals surface area (Å²) in [5.74, 6) is 0.335. The maximum absolute atomic E-state index is 10.3. The van der Waals surface area contributed by atoms with E-state index in [1.54, 1.807) is 12.1 Å². The smallest absolute Gasteiger partial charge is 0.157 e. The third-order valence-corrected chi connectivity index (χ3v) is 3.74. The van der Waals surface area contributed by atoms with Gasteiger partial charge in [-0.25, -0.2) is 0 Å². The minimum atomic E-state index is -0.893. The number of fused-ring (bicyclic) bond motifs is 1. The normalized spacial score (nSPS) is 20.1. The van der Waals surface area contributed by atoms with Gasteiger partial charge in [0.05, 0.1) is 13.2 Å². The Kier molecular flexibility index (Phi) is 3.46. The van der Waals surface area contributed by atoms with Crippen LogP contribution in [0.15, 0.2) is 30.3 Å². The fourth-order valence-corrected chi connectivity index (χ4v) is 2.57. The van der Waals surface area contributed by atoms with E-state index in [4.69, 9.17) is 9.47 Å². The van der Waals surface area contributed by atoms with Crippen molar-refractivity contribution in [3.05, 3.63) is 41.5 Å². The molecule has 116 valence electrons. The molecule has 0 saturated heterocycles. The van der Waals surface area contributed by atoms with E-state index >= 15 is 0 Å². The van der Waals surface area contributed by atoms with Gasteiger partial charge in [0.2, 0.25) is 0 Å². The van der Waals surface area contributed by atoms with E-state index < -0.39 is 12.2 Å². The number of aromatic hydroxyl groups is 3.